The van der Waals surface area contributed by atoms with E-state index in [2.05, 4.69) is 5.32 Å². The third-order valence-corrected chi connectivity index (χ3v) is 6.72. The Hall–Kier alpha value is -3.70. The van der Waals surface area contributed by atoms with Gasteiger partial charge in [-0.05, 0) is 17.5 Å². The first-order valence-electron chi connectivity index (χ1n) is 9.69. The zero-order valence-corrected chi connectivity index (χ0v) is 16.7. The number of hydrogen-bond donors (Lipinski definition) is 7. The molecule has 11 nitrogen and oxygen atoms in total. The SMILES string of the molecule is CC1c2ccc(NC=O)c(O)c2C(O)=C2C(=O)C3(O)C(O)=C(C(N)=O)C(=O)CC3C(O)C21. The van der Waals surface area contributed by atoms with Gasteiger partial charge in [0, 0.05) is 23.8 Å². The number of fused-ring (bicyclic) bond motifs is 3. The summed E-state index contributed by atoms with van der Waals surface area (Å²) in [5.41, 5.74) is 0.904. The number of hydrogen-bond acceptors (Lipinski definition) is 9. The van der Waals surface area contributed by atoms with Gasteiger partial charge in [0.15, 0.2) is 11.4 Å². The Kier molecular flexibility index (Phi) is 4.64. The number of carbonyl (C=O) groups is 4. The largest absolute Gasteiger partial charge is 0.508 e. The van der Waals surface area contributed by atoms with Crippen molar-refractivity contribution < 1.29 is 44.7 Å². The third-order valence-electron chi connectivity index (χ3n) is 6.72. The molecular formula is C21H20N2O9. The van der Waals surface area contributed by atoms with Crippen molar-refractivity contribution in [3.63, 3.8) is 0 Å². The molecule has 5 unspecified atom stereocenters. The highest BCUT2D eigenvalue weighted by molar-refractivity contribution is 6.23. The second-order valence-corrected chi connectivity index (χ2v) is 8.17. The van der Waals surface area contributed by atoms with Crippen LogP contribution in [-0.4, -0.2) is 61.1 Å². The van der Waals surface area contributed by atoms with Gasteiger partial charge < -0.3 is 36.6 Å². The molecule has 1 aromatic carbocycles. The minimum absolute atomic E-state index is 0.0565. The molecule has 2 amide bonds. The Morgan fingerprint density at radius 2 is 1.91 bits per heavy atom. The molecule has 32 heavy (non-hydrogen) atoms. The number of nitrogens with two attached hydrogens (primary N) is 1. The van der Waals surface area contributed by atoms with E-state index in [0.29, 0.717) is 12.0 Å². The molecule has 0 heterocycles. The summed E-state index contributed by atoms with van der Waals surface area (Å²) in [5, 5.41) is 56.6. The molecule has 1 saturated carbocycles. The van der Waals surface area contributed by atoms with E-state index >= 15 is 0 Å². The second kappa shape index (κ2) is 6.90. The Bertz CT molecular complexity index is 1170. The zero-order valence-electron chi connectivity index (χ0n) is 16.7. The number of aliphatic hydroxyl groups is 4. The summed E-state index contributed by atoms with van der Waals surface area (Å²) in [6, 6.07) is 2.87. The van der Waals surface area contributed by atoms with Crippen LogP contribution in [0.2, 0.25) is 0 Å². The van der Waals surface area contributed by atoms with Crippen LogP contribution in [0.1, 0.15) is 30.4 Å². The molecule has 4 rings (SSSR count). The number of phenols is 1. The van der Waals surface area contributed by atoms with Crippen LogP contribution in [0.15, 0.2) is 29.0 Å². The number of ketones is 2. The Labute approximate surface area is 180 Å². The Morgan fingerprint density at radius 1 is 1.25 bits per heavy atom. The van der Waals surface area contributed by atoms with Crippen molar-refractivity contribution in [2.45, 2.75) is 31.0 Å². The van der Waals surface area contributed by atoms with Crippen LogP contribution in [0.5, 0.6) is 5.75 Å². The van der Waals surface area contributed by atoms with Crippen molar-refractivity contribution in [2.24, 2.45) is 17.6 Å². The van der Waals surface area contributed by atoms with Crippen molar-refractivity contribution >= 4 is 35.3 Å². The average molecular weight is 444 g/mol. The first-order valence-corrected chi connectivity index (χ1v) is 9.69. The standard InChI is InChI=1S/C21H20N2O9/c1-6-7-2-3-9(23-5-24)16(27)12(7)17(28)14-11(6)15(26)8-4-10(25)13(20(22)31)18(29)21(8,32)19(14)30/h2-3,5-6,8,11,15,26-29,32H,4H2,1H3,(H2,22,31)(H,23,24). The first kappa shape index (κ1) is 21.5. The van der Waals surface area contributed by atoms with Gasteiger partial charge in [-0.25, -0.2) is 0 Å². The molecule has 0 saturated heterocycles. The van der Waals surface area contributed by atoms with Crippen molar-refractivity contribution in [2.75, 3.05) is 5.32 Å². The fourth-order valence-electron chi connectivity index (χ4n) is 5.18. The van der Waals surface area contributed by atoms with Crippen LogP contribution >= 0.6 is 0 Å². The van der Waals surface area contributed by atoms with Gasteiger partial charge in [0.05, 0.1) is 17.4 Å². The molecule has 0 radical (unpaired) electrons. The molecule has 0 bridgehead atoms. The van der Waals surface area contributed by atoms with Crippen LogP contribution in [0.4, 0.5) is 5.69 Å². The summed E-state index contributed by atoms with van der Waals surface area (Å²) in [6.07, 6.45) is -1.92. The summed E-state index contributed by atoms with van der Waals surface area (Å²) in [7, 11) is 0. The van der Waals surface area contributed by atoms with E-state index < -0.39 is 81.8 Å². The number of aromatic hydroxyl groups is 1. The van der Waals surface area contributed by atoms with E-state index in [4.69, 9.17) is 5.73 Å². The highest BCUT2D eigenvalue weighted by Gasteiger charge is 2.64. The smallest absolute Gasteiger partial charge is 0.255 e. The van der Waals surface area contributed by atoms with E-state index in [9.17, 15) is 44.7 Å². The number of nitrogens with one attached hydrogen (secondary N) is 1. The third kappa shape index (κ3) is 2.49. The highest BCUT2D eigenvalue weighted by atomic mass is 16.4. The molecule has 5 atom stereocenters. The van der Waals surface area contributed by atoms with Crippen molar-refractivity contribution in [3.05, 3.63) is 40.2 Å². The van der Waals surface area contributed by atoms with Crippen molar-refractivity contribution in [1.82, 2.24) is 0 Å². The van der Waals surface area contributed by atoms with Gasteiger partial charge in [-0.15, -0.1) is 0 Å². The fraction of sp³-hybridized carbons (Fsp3) is 0.333. The molecule has 8 N–H and O–H groups in total. The summed E-state index contributed by atoms with van der Waals surface area (Å²) < 4.78 is 0. The number of Topliss-reactive ketones (excluding diaryl/α,β-unsaturated/α-hetero) is 2. The monoisotopic (exact) mass is 444 g/mol. The van der Waals surface area contributed by atoms with Crippen LogP contribution in [-0.2, 0) is 19.2 Å². The topological polar surface area (TPSA) is 207 Å². The number of carbonyl (C=O) groups excluding carboxylic acids is 4. The first-order chi connectivity index (χ1) is 15.0. The molecule has 1 fully saturated rings. The summed E-state index contributed by atoms with van der Waals surface area (Å²) in [4.78, 5) is 48.3. The lowest BCUT2D eigenvalue weighted by molar-refractivity contribution is -0.160. The van der Waals surface area contributed by atoms with Gasteiger partial charge in [0.1, 0.15) is 22.8 Å². The van der Waals surface area contributed by atoms with Gasteiger partial charge in [-0.2, -0.15) is 0 Å². The fourth-order valence-corrected chi connectivity index (χ4v) is 5.18. The van der Waals surface area contributed by atoms with Crippen LogP contribution < -0.4 is 11.1 Å². The lowest BCUT2D eigenvalue weighted by atomic mass is 9.55. The minimum atomic E-state index is -2.89. The Balaban J connectivity index is 2.00. The number of rotatable bonds is 3. The van der Waals surface area contributed by atoms with E-state index in [1.54, 1.807) is 6.92 Å². The van der Waals surface area contributed by atoms with Crippen LogP contribution in [0, 0.1) is 11.8 Å². The summed E-state index contributed by atoms with van der Waals surface area (Å²) in [6.45, 7) is 1.61. The maximum atomic E-state index is 13.4. The lowest BCUT2D eigenvalue weighted by Crippen LogP contribution is -2.63. The van der Waals surface area contributed by atoms with Gasteiger partial charge in [-0.1, -0.05) is 13.0 Å². The molecule has 3 aliphatic carbocycles. The highest BCUT2D eigenvalue weighted by Crippen LogP contribution is 2.56. The summed E-state index contributed by atoms with van der Waals surface area (Å²) >= 11 is 0. The van der Waals surface area contributed by atoms with Gasteiger partial charge >= 0.3 is 0 Å². The number of primary amides is 1. The van der Waals surface area contributed by atoms with Crippen LogP contribution in [0.3, 0.4) is 0 Å². The number of benzene rings is 1. The number of anilines is 1. The molecule has 168 valence electrons. The zero-order chi connectivity index (χ0) is 23.7. The van der Waals surface area contributed by atoms with Crippen LogP contribution in [0.25, 0.3) is 5.76 Å². The minimum Gasteiger partial charge on any atom is -0.508 e. The normalized spacial score (nSPS) is 31.6. The molecule has 0 aliphatic heterocycles. The number of aliphatic hydroxyl groups excluding tert-OH is 3. The van der Waals surface area contributed by atoms with Crippen molar-refractivity contribution in [1.29, 1.82) is 0 Å². The molecule has 0 aromatic heterocycles. The molecular weight excluding hydrogens is 424 g/mol. The van der Waals surface area contributed by atoms with Gasteiger partial charge in [0.2, 0.25) is 12.2 Å². The van der Waals surface area contributed by atoms with E-state index in [-0.39, 0.29) is 11.3 Å². The van der Waals surface area contributed by atoms with E-state index in [1.807, 2.05) is 0 Å². The molecule has 0 spiro atoms. The quantitative estimate of drug-likeness (QED) is 0.182. The molecule has 11 heteroatoms. The molecule has 1 aromatic rings. The predicted octanol–water partition coefficient (Wildman–Crippen LogP) is -0.476. The van der Waals surface area contributed by atoms with E-state index in [0.717, 1.165) is 0 Å². The maximum Gasteiger partial charge on any atom is 0.255 e. The number of phenolic OH excluding ortho intramolecular Hbond substituents is 1. The predicted molar refractivity (Wildman–Crippen MR) is 107 cm³/mol. The number of amides is 2. The maximum absolute atomic E-state index is 13.4. The summed E-state index contributed by atoms with van der Waals surface area (Å²) in [5.74, 6) is -9.40. The van der Waals surface area contributed by atoms with E-state index in [1.165, 1.54) is 12.1 Å². The van der Waals surface area contributed by atoms with Crippen molar-refractivity contribution in [3.8, 4) is 5.75 Å². The van der Waals surface area contributed by atoms with Gasteiger partial charge in [0.25, 0.3) is 5.91 Å². The Morgan fingerprint density at radius 3 is 2.50 bits per heavy atom. The average Bonchev–Trinajstić information content (AvgIpc) is 2.72. The second-order valence-electron chi connectivity index (χ2n) is 8.17. The lowest BCUT2D eigenvalue weighted by Gasteiger charge is -2.50. The van der Waals surface area contributed by atoms with Gasteiger partial charge in [-0.3, -0.25) is 19.2 Å². The molecule has 3 aliphatic rings.